The van der Waals surface area contributed by atoms with Crippen molar-refractivity contribution in [3.63, 3.8) is 0 Å². The van der Waals surface area contributed by atoms with E-state index in [1.54, 1.807) is 29.1 Å². The van der Waals surface area contributed by atoms with Gasteiger partial charge in [-0.2, -0.15) is 5.10 Å². The van der Waals surface area contributed by atoms with Crippen LogP contribution in [0.25, 0.3) is 17.1 Å². The smallest absolute Gasteiger partial charge is 0.243 e. The normalized spacial score (nSPS) is 12.0. The number of aromatic hydroxyl groups is 1. The molecule has 36 heavy (non-hydrogen) atoms. The number of phenols is 1. The van der Waals surface area contributed by atoms with Gasteiger partial charge in [-0.25, -0.2) is 4.68 Å². The molecule has 2 aromatic heterocycles. The van der Waals surface area contributed by atoms with Crippen molar-refractivity contribution in [3.05, 3.63) is 89.8 Å². The molecule has 1 atom stereocenters. The van der Waals surface area contributed by atoms with Crippen LogP contribution in [0.4, 0.5) is 0 Å². The molecule has 0 saturated heterocycles. The minimum absolute atomic E-state index is 0.0883. The Morgan fingerprint density at radius 3 is 2.44 bits per heavy atom. The molecule has 0 fully saturated rings. The first kappa shape index (κ1) is 24.9. The van der Waals surface area contributed by atoms with Crippen LogP contribution in [-0.4, -0.2) is 32.7 Å². The summed E-state index contributed by atoms with van der Waals surface area (Å²) >= 11 is 0. The summed E-state index contributed by atoms with van der Waals surface area (Å²) in [5.41, 5.74) is 10.3. The van der Waals surface area contributed by atoms with Crippen LogP contribution in [0, 0.1) is 0 Å². The monoisotopic (exact) mass is 486 g/mol. The van der Waals surface area contributed by atoms with Crippen molar-refractivity contribution in [3.8, 4) is 22.9 Å². The molecule has 0 saturated carbocycles. The van der Waals surface area contributed by atoms with Gasteiger partial charge < -0.3 is 15.3 Å². The summed E-state index contributed by atoms with van der Waals surface area (Å²) in [6.45, 7) is 4.28. The quantitative estimate of drug-likeness (QED) is 0.327. The van der Waals surface area contributed by atoms with Gasteiger partial charge in [-0.15, -0.1) is 0 Å². The van der Waals surface area contributed by atoms with Crippen molar-refractivity contribution in [1.82, 2.24) is 15.1 Å². The maximum absolute atomic E-state index is 12.6. The van der Waals surface area contributed by atoms with Gasteiger partial charge in [-0.1, -0.05) is 38.1 Å². The van der Waals surface area contributed by atoms with Crippen LogP contribution in [0.15, 0.2) is 77.4 Å². The first-order valence-electron chi connectivity index (χ1n) is 11.9. The van der Waals surface area contributed by atoms with Crippen molar-refractivity contribution in [1.29, 1.82) is 0 Å². The van der Waals surface area contributed by atoms with Crippen LogP contribution >= 0.6 is 0 Å². The van der Waals surface area contributed by atoms with Gasteiger partial charge in [0.2, 0.25) is 11.8 Å². The lowest BCUT2D eigenvalue weighted by Gasteiger charge is -2.12. The van der Waals surface area contributed by atoms with Crippen molar-refractivity contribution in [2.75, 3.05) is 0 Å². The van der Waals surface area contributed by atoms with Crippen LogP contribution in [0.3, 0.4) is 0 Å². The van der Waals surface area contributed by atoms with Crippen molar-refractivity contribution in [2.45, 2.75) is 45.1 Å². The molecule has 8 heteroatoms. The molecule has 0 bridgehead atoms. The topological polar surface area (TPSA) is 123 Å². The molecule has 0 aliphatic heterocycles. The molecule has 0 aliphatic carbocycles. The second kappa shape index (κ2) is 11.0. The number of nitrogens with zero attached hydrogens (tertiary/aromatic N) is 2. The number of rotatable bonds is 9. The molecule has 4 rings (SSSR count). The van der Waals surface area contributed by atoms with Gasteiger partial charge in [0.15, 0.2) is 5.76 Å². The number of aromatic nitrogens is 2. The fraction of sp³-hybridized carbons (Fsp3) is 0.250. The van der Waals surface area contributed by atoms with E-state index in [2.05, 4.69) is 31.3 Å². The van der Waals surface area contributed by atoms with E-state index in [0.29, 0.717) is 23.8 Å². The Bertz CT molecular complexity index is 1310. The van der Waals surface area contributed by atoms with Gasteiger partial charge in [0.05, 0.1) is 18.0 Å². The van der Waals surface area contributed by atoms with Gasteiger partial charge in [0.1, 0.15) is 11.4 Å². The third kappa shape index (κ3) is 6.09. The zero-order chi connectivity index (χ0) is 25.7. The molecule has 2 heterocycles. The maximum Gasteiger partial charge on any atom is 0.243 e. The van der Waals surface area contributed by atoms with E-state index in [9.17, 15) is 14.7 Å². The van der Waals surface area contributed by atoms with Crippen molar-refractivity contribution >= 4 is 11.8 Å². The number of phenolic OH excluding ortho intramolecular Hbond substituents is 1. The highest BCUT2D eigenvalue weighted by Gasteiger charge is 2.19. The van der Waals surface area contributed by atoms with Gasteiger partial charge in [0.25, 0.3) is 0 Å². The van der Waals surface area contributed by atoms with Crippen LogP contribution in [0.1, 0.15) is 43.0 Å². The second-order valence-electron chi connectivity index (χ2n) is 9.05. The molecule has 2 amide bonds. The van der Waals surface area contributed by atoms with E-state index in [1.807, 2.05) is 24.3 Å². The third-order valence-electron chi connectivity index (χ3n) is 5.96. The van der Waals surface area contributed by atoms with Crippen LogP contribution in [0.2, 0.25) is 0 Å². The zero-order valence-corrected chi connectivity index (χ0v) is 20.3. The van der Waals surface area contributed by atoms with Gasteiger partial charge >= 0.3 is 0 Å². The van der Waals surface area contributed by atoms with Crippen molar-refractivity contribution < 1.29 is 19.1 Å². The highest BCUT2D eigenvalue weighted by Crippen LogP contribution is 2.24. The SMILES string of the molecule is CC(C)c1ccc(-n2nc(-c3ccco3)cc2CCC(=O)NC(=O)[C@@H](N)Cc2ccc(O)cc2)cc1. The summed E-state index contributed by atoms with van der Waals surface area (Å²) in [6, 6.07) is 19.2. The molecule has 0 aliphatic rings. The fourth-order valence-corrected chi connectivity index (χ4v) is 3.88. The highest BCUT2D eigenvalue weighted by molar-refractivity contribution is 5.97. The fourth-order valence-electron chi connectivity index (χ4n) is 3.88. The number of imide groups is 1. The van der Waals surface area contributed by atoms with E-state index < -0.39 is 17.9 Å². The lowest BCUT2D eigenvalue weighted by molar-refractivity contribution is -0.131. The van der Waals surface area contributed by atoms with E-state index in [-0.39, 0.29) is 18.6 Å². The minimum atomic E-state index is -0.881. The molecular formula is C28H30N4O4. The Morgan fingerprint density at radius 2 is 1.81 bits per heavy atom. The summed E-state index contributed by atoms with van der Waals surface area (Å²) < 4.78 is 7.31. The predicted molar refractivity (Wildman–Crippen MR) is 137 cm³/mol. The molecule has 4 N–H and O–H groups in total. The van der Waals surface area contributed by atoms with E-state index >= 15 is 0 Å². The van der Waals surface area contributed by atoms with E-state index in [0.717, 1.165) is 16.9 Å². The molecule has 0 spiro atoms. The zero-order valence-electron chi connectivity index (χ0n) is 20.3. The number of carbonyl (C=O) groups excluding carboxylic acids is 2. The summed E-state index contributed by atoms with van der Waals surface area (Å²) in [6.07, 6.45) is 2.30. The van der Waals surface area contributed by atoms with Crippen molar-refractivity contribution in [2.24, 2.45) is 5.73 Å². The number of hydrogen-bond donors (Lipinski definition) is 3. The third-order valence-corrected chi connectivity index (χ3v) is 5.96. The van der Waals surface area contributed by atoms with Gasteiger partial charge in [-0.05, 0) is 72.4 Å². The number of amides is 2. The van der Waals surface area contributed by atoms with Gasteiger partial charge in [0, 0.05) is 12.1 Å². The highest BCUT2D eigenvalue weighted by atomic mass is 16.3. The van der Waals surface area contributed by atoms with E-state index in [1.165, 1.54) is 17.7 Å². The summed E-state index contributed by atoms with van der Waals surface area (Å²) in [5, 5.41) is 16.5. The molecule has 4 aromatic rings. The van der Waals surface area contributed by atoms with Crippen LogP contribution in [0.5, 0.6) is 5.75 Å². The Balaban J connectivity index is 1.43. The predicted octanol–water partition coefficient (Wildman–Crippen LogP) is 4.11. The van der Waals surface area contributed by atoms with E-state index in [4.69, 9.17) is 15.2 Å². The molecule has 186 valence electrons. The van der Waals surface area contributed by atoms with Crippen LogP contribution in [-0.2, 0) is 22.4 Å². The minimum Gasteiger partial charge on any atom is -0.508 e. The molecule has 0 unspecified atom stereocenters. The maximum atomic E-state index is 12.6. The number of benzene rings is 2. The lowest BCUT2D eigenvalue weighted by atomic mass is 10.0. The Labute approximate surface area is 209 Å². The Kier molecular flexibility index (Phi) is 7.65. The number of aryl methyl sites for hydroxylation is 1. The largest absolute Gasteiger partial charge is 0.508 e. The lowest BCUT2D eigenvalue weighted by Crippen LogP contribution is -2.44. The number of nitrogens with one attached hydrogen (secondary N) is 1. The summed E-state index contributed by atoms with van der Waals surface area (Å²) in [4.78, 5) is 25.0. The first-order valence-corrected chi connectivity index (χ1v) is 11.9. The van der Waals surface area contributed by atoms with Crippen LogP contribution < -0.4 is 11.1 Å². The molecule has 8 nitrogen and oxygen atoms in total. The number of furan rings is 1. The van der Waals surface area contributed by atoms with Gasteiger partial charge in [-0.3, -0.25) is 14.9 Å². The number of nitrogens with two attached hydrogens (primary N) is 1. The second-order valence-corrected chi connectivity index (χ2v) is 9.05. The summed E-state index contributed by atoms with van der Waals surface area (Å²) in [7, 11) is 0. The number of carbonyl (C=O) groups is 2. The average Bonchev–Trinajstić information content (AvgIpc) is 3.54. The molecular weight excluding hydrogens is 456 g/mol. The molecule has 0 radical (unpaired) electrons. The summed E-state index contributed by atoms with van der Waals surface area (Å²) in [5.74, 6) is 0.230. The number of hydrogen-bond acceptors (Lipinski definition) is 6. The Morgan fingerprint density at radius 1 is 1.08 bits per heavy atom. The average molecular weight is 487 g/mol. The Hall–Kier alpha value is -4.17. The molecule has 2 aromatic carbocycles. The standard InChI is InChI=1S/C28H30N4O4/c1-18(2)20-7-9-21(10-8-20)32-22(17-25(31-32)26-4-3-15-36-26)11-14-27(34)30-28(35)24(29)16-19-5-12-23(33)13-6-19/h3-10,12-13,15,17-18,24,33H,11,14,16,29H2,1-2H3,(H,30,34,35)/t24-/m0/s1. The first-order chi connectivity index (χ1) is 17.3.